The lowest BCUT2D eigenvalue weighted by molar-refractivity contribution is 0.794. The summed E-state index contributed by atoms with van der Waals surface area (Å²) < 4.78 is 2.37. The molecule has 0 saturated carbocycles. The van der Waals surface area contributed by atoms with Crippen molar-refractivity contribution in [2.24, 2.45) is 0 Å². The van der Waals surface area contributed by atoms with Crippen molar-refractivity contribution in [2.75, 3.05) is 4.90 Å². The normalized spacial score (nSPS) is 13.1. The average molecular weight is 803 g/mol. The maximum absolute atomic E-state index is 4.08. The van der Waals surface area contributed by atoms with E-state index in [2.05, 4.69) is 235 Å². The van der Waals surface area contributed by atoms with Gasteiger partial charge in [0.1, 0.15) is 0 Å². The first-order valence-electron chi connectivity index (χ1n) is 21.7. The van der Waals surface area contributed by atoms with Gasteiger partial charge >= 0.3 is 0 Å². The highest BCUT2D eigenvalue weighted by Gasteiger charge is 2.52. The number of aromatic nitrogens is 1. The van der Waals surface area contributed by atoms with Gasteiger partial charge in [-0.1, -0.05) is 189 Å². The molecule has 2 heteroatoms. The van der Waals surface area contributed by atoms with Gasteiger partial charge < -0.3 is 9.47 Å². The summed E-state index contributed by atoms with van der Waals surface area (Å²) in [7, 11) is 0. The third-order valence-corrected chi connectivity index (χ3v) is 13.4. The van der Waals surface area contributed by atoms with Crippen LogP contribution in [-0.4, -0.2) is 4.57 Å². The Morgan fingerprint density at radius 1 is 0.444 bits per heavy atom. The summed E-state index contributed by atoms with van der Waals surface area (Å²) >= 11 is 0. The van der Waals surface area contributed by atoms with Crippen molar-refractivity contribution in [3.63, 3.8) is 0 Å². The number of benzene rings is 9. The Morgan fingerprint density at radius 3 is 1.49 bits per heavy atom. The van der Waals surface area contributed by atoms with E-state index in [1.165, 1.54) is 71.9 Å². The van der Waals surface area contributed by atoms with Crippen LogP contribution in [0.25, 0.3) is 66.4 Å². The Bertz CT molecular complexity index is 3370. The number of nitrogens with zero attached hydrogens (tertiary/aromatic N) is 2. The molecule has 1 aromatic heterocycles. The first kappa shape index (κ1) is 36.6. The Kier molecular flexibility index (Phi) is 8.42. The van der Waals surface area contributed by atoms with Crippen LogP contribution in [0.4, 0.5) is 17.1 Å². The van der Waals surface area contributed by atoms with E-state index in [0.29, 0.717) is 0 Å². The van der Waals surface area contributed by atoms with Crippen molar-refractivity contribution >= 4 is 44.4 Å². The van der Waals surface area contributed by atoms with Crippen LogP contribution in [-0.2, 0) is 5.41 Å². The third-order valence-electron chi connectivity index (χ3n) is 13.4. The van der Waals surface area contributed by atoms with E-state index in [4.69, 9.17) is 0 Å². The molecule has 0 amide bonds. The molecule has 12 rings (SSSR count). The Labute approximate surface area is 368 Å². The molecule has 0 aliphatic heterocycles. The van der Waals surface area contributed by atoms with Crippen LogP contribution in [0.3, 0.4) is 0 Å². The van der Waals surface area contributed by atoms with Gasteiger partial charge in [-0.3, -0.25) is 0 Å². The van der Waals surface area contributed by atoms with Crippen LogP contribution in [0.5, 0.6) is 0 Å². The quantitative estimate of drug-likeness (QED) is 0.139. The molecule has 10 aromatic rings. The summed E-state index contributed by atoms with van der Waals surface area (Å²) in [5.41, 5.74) is 21.3. The van der Waals surface area contributed by atoms with Gasteiger partial charge in [-0.15, -0.1) is 0 Å². The van der Waals surface area contributed by atoms with Crippen LogP contribution in [0, 0.1) is 0 Å². The number of para-hydroxylation sites is 2. The molecule has 0 radical (unpaired) electrons. The van der Waals surface area contributed by atoms with Crippen LogP contribution in [0.1, 0.15) is 27.8 Å². The van der Waals surface area contributed by atoms with Gasteiger partial charge in [-0.25, -0.2) is 0 Å². The van der Waals surface area contributed by atoms with E-state index in [1.807, 2.05) is 18.2 Å². The second-order valence-corrected chi connectivity index (χ2v) is 16.5. The summed E-state index contributed by atoms with van der Waals surface area (Å²) in [4.78, 5) is 2.44. The van der Waals surface area contributed by atoms with Crippen LogP contribution in [0.15, 0.2) is 244 Å². The van der Waals surface area contributed by atoms with Gasteiger partial charge in [0.15, 0.2) is 0 Å². The van der Waals surface area contributed by atoms with E-state index in [0.717, 1.165) is 39.4 Å². The van der Waals surface area contributed by atoms with Crippen LogP contribution >= 0.6 is 0 Å². The highest BCUT2D eigenvalue weighted by molar-refractivity contribution is 6.09. The molecule has 0 atom stereocenters. The molecule has 0 bridgehead atoms. The zero-order valence-electron chi connectivity index (χ0n) is 34.7. The first-order chi connectivity index (χ1) is 31.2. The van der Waals surface area contributed by atoms with Crippen molar-refractivity contribution in [2.45, 2.75) is 5.41 Å². The van der Waals surface area contributed by atoms with Gasteiger partial charge in [0.25, 0.3) is 0 Å². The molecule has 1 spiro atoms. The number of allylic oxidation sites excluding steroid dienone is 4. The average Bonchev–Trinajstić information content (AvgIpc) is 3.96. The topological polar surface area (TPSA) is 8.17 Å². The lowest BCUT2D eigenvalue weighted by Gasteiger charge is -2.32. The second kappa shape index (κ2) is 14.5. The lowest BCUT2D eigenvalue weighted by Crippen LogP contribution is -2.26. The predicted molar refractivity (Wildman–Crippen MR) is 266 cm³/mol. The highest BCUT2D eigenvalue weighted by Crippen LogP contribution is 2.64. The van der Waals surface area contributed by atoms with E-state index in [1.54, 1.807) is 0 Å². The Morgan fingerprint density at radius 2 is 0.921 bits per heavy atom. The molecular formula is C61H42N2. The standard InChI is InChI=1S/C61H42N2/c1-3-16-41(4-2)42-29-35-45(36-30-42)62(46-37-31-43(32-38-46)44-33-39-47(40-34-44)63-57-26-13-8-19-50(57)51-20-9-14-27-58(51)63)59-28-15-25-56-60(59)52-21-7-12-24-55(52)61(56)53-22-10-5-17-48(53)49-18-6-11-23-54(49)61/h3-40H,1-2H2/b41-16+. The maximum atomic E-state index is 4.08. The minimum absolute atomic E-state index is 0.436. The number of hydrogen-bond donors (Lipinski definition) is 0. The highest BCUT2D eigenvalue weighted by atomic mass is 15.1. The molecule has 296 valence electrons. The summed E-state index contributed by atoms with van der Waals surface area (Å²) in [6.07, 6.45) is 5.71. The zero-order valence-corrected chi connectivity index (χ0v) is 34.7. The van der Waals surface area contributed by atoms with Crippen molar-refractivity contribution in [1.82, 2.24) is 4.57 Å². The predicted octanol–water partition coefficient (Wildman–Crippen LogP) is 16.0. The fourth-order valence-electron chi connectivity index (χ4n) is 10.8. The summed E-state index contributed by atoms with van der Waals surface area (Å²) in [6, 6.07) is 78.2. The van der Waals surface area contributed by atoms with E-state index >= 15 is 0 Å². The van der Waals surface area contributed by atoms with Gasteiger partial charge in [0, 0.05) is 33.4 Å². The molecular weight excluding hydrogens is 761 g/mol. The summed E-state index contributed by atoms with van der Waals surface area (Å²) in [5.74, 6) is 0. The van der Waals surface area contributed by atoms with Gasteiger partial charge in [-0.2, -0.15) is 0 Å². The Hall–Kier alpha value is -8.20. The fraction of sp³-hybridized carbons (Fsp3) is 0.0164. The molecule has 0 N–H and O–H groups in total. The smallest absolute Gasteiger partial charge is 0.0726 e. The minimum Gasteiger partial charge on any atom is -0.310 e. The molecule has 9 aromatic carbocycles. The molecule has 2 aliphatic carbocycles. The van der Waals surface area contributed by atoms with E-state index in [-0.39, 0.29) is 0 Å². The van der Waals surface area contributed by atoms with Crippen LogP contribution in [0.2, 0.25) is 0 Å². The molecule has 2 nitrogen and oxygen atoms in total. The lowest BCUT2D eigenvalue weighted by atomic mass is 9.70. The van der Waals surface area contributed by atoms with Crippen molar-refractivity contribution in [1.29, 1.82) is 0 Å². The molecule has 1 heterocycles. The number of fused-ring (bicyclic) bond motifs is 13. The molecule has 0 saturated heterocycles. The number of hydrogen-bond acceptors (Lipinski definition) is 1. The molecule has 0 fully saturated rings. The SMILES string of the molecule is C=C/C=C(\C=C)c1ccc(N(c2ccc(-c3ccc(-n4c5ccccc5c5ccccc54)cc3)cc2)c2cccc3c2-c2ccccc2C32c3ccccc3-c3ccccc32)cc1. The van der Waals surface area contributed by atoms with Crippen LogP contribution < -0.4 is 4.90 Å². The van der Waals surface area contributed by atoms with Gasteiger partial charge in [-0.05, 0) is 116 Å². The number of anilines is 3. The summed E-state index contributed by atoms with van der Waals surface area (Å²) in [6.45, 7) is 8.03. The van der Waals surface area contributed by atoms with Gasteiger partial charge in [0.2, 0.25) is 0 Å². The van der Waals surface area contributed by atoms with E-state index < -0.39 is 5.41 Å². The maximum Gasteiger partial charge on any atom is 0.0726 e. The minimum atomic E-state index is -0.436. The van der Waals surface area contributed by atoms with Crippen molar-refractivity contribution < 1.29 is 0 Å². The summed E-state index contributed by atoms with van der Waals surface area (Å²) in [5, 5.41) is 2.53. The molecule has 63 heavy (non-hydrogen) atoms. The third kappa shape index (κ3) is 5.38. The largest absolute Gasteiger partial charge is 0.310 e. The van der Waals surface area contributed by atoms with E-state index in [9.17, 15) is 0 Å². The molecule has 0 unspecified atom stereocenters. The Balaban J connectivity index is 1.00. The second-order valence-electron chi connectivity index (χ2n) is 16.5. The van der Waals surface area contributed by atoms with Gasteiger partial charge in [0.05, 0.1) is 22.1 Å². The monoisotopic (exact) mass is 802 g/mol. The van der Waals surface area contributed by atoms with Crippen molar-refractivity contribution in [3.05, 3.63) is 272 Å². The first-order valence-corrected chi connectivity index (χ1v) is 21.7. The number of rotatable bonds is 8. The zero-order chi connectivity index (χ0) is 42.1. The fourth-order valence-corrected chi connectivity index (χ4v) is 10.8. The van der Waals surface area contributed by atoms with Crippen molar-refractivity contribution in [3.8, 4) is 39.1 Å². The molecule has 2 aliphatic rings.